The average Bonchev–Trinajstić information content (AvgIpc) is 3.06. The van der Waals surface area contributed by atoms with Crippen LogP contribution in [0.5, 0.6) is 5.75 Å². The molecule has 0 saturated heterocycles. The van der Waals surface area contributed by atoms with Crippen molar-refractivity contribution in [2.75, 3.05) is 20.2 Å². The summed E-state index contributed by atoms with van der Waals surface area (Å²) < 4.78 is 35.7. The van der Waals surface area contributed by atoms with E-state index in [2.05, 4.69) is 10.4 Å². The summed E-state index contributed by atoms with van der Waals surface area (Å²) in [4.78, 5) is 13.7. The molecule has 8 heteroatoms. The minimum Gasteiger partial charge on any atom is -0.491 e. The van der Waals surface area contributed by atoms with E-state index in [1.54, 1.807) is 66.4 Å². The Labute approximate surface area is 173 Å². The minimum absolute atomic E-state index is 0.0388. The summed E-state index contributed by atoms with van der Waals surface area (Å²) in [6.45, 7) is 1.16. The molecule has 1 aliphatic rings. The fourth-order valence-electron chi connectivity index (χ4n) is 3.76. The van der Waals surface area contributed by atoms with Gasteiger partial charge < -0.3 is 15.0 Å². The number of fused-ring (bicyclic) bond motifs is 1. The van der Waals surface area contributed by atoms with Gasteiger partial charge in [-0.1, -0.05) is 24.3 Å². The van der Waals surface area contributed by atoms with Gasteiger partial charge in [0.15, 0.2) is 0 Å². The Bertz CT molecular complexity index is 1080. The molecular formula is C22H22F2N4O2. The van der Waals surface area contributed by atoms with Gasteiger partial charge in [-0.2, -0.15) is 5.10 Å². The van der Waals surface area contributed by atoms with Crippen molar-refractivity contribution in [3.63, 3.8) is 0 Å². The molecule has 1 N–H and O–H groups in total. The van der Waals surface area contributed by atoms with Gasteiger partial charge >= 0.3 is 6.03 Å². The number of benzene rings is 2. The maximum atomic E-state index is 14.2. The monoisotopic (exact) mass is 412 g/mol. The lowest BCUT2D eigenvalue weighted by Crippen LogP contribution is -2.38. The number of alkyl halides is 2. The second kappa shape index (κ2) is 8.14. The van der Waals surface area contributed by atoms with E-state index in [9.17, 15) is 13.6 Å². The maximum Gasteiger partial charge on any atom is 0.317 e. The van der Waals surface area contributed by atoms with Crippen molar-refractivity contribution in [1.29, 1.82) is 0 Å². The van der Waals surface area contributed by atoms with Crippen LogP contribution in [-0.4, -0.2) is 40.9 Å². The number of ether oxygens (including phenoxy) is 1. The van der Waals surface area contributed by atoms with Gasteiger partial charge in [-0.05, 0) is 28.8 Å². The Morgan fingerprint density at radius 2 is 1.97 bits per heavy atom. The number of rotatable bonds is 3. The third-order valence-corrected chi connectivity index (χ3v) is 5.19. The van der Waals surface area contributed by atoms with Gasteiger partial charge in [0.25, 0.3) is 6.43 Å². The number of carbonyl (C=O) groups is 1. The van der Waals surface area contributed by atoms with Gasteiger partial charge in [0.1, 0.15) is 12.4 Å². The number of nitrogens with one attached hydrogen (secondary N) is 1. The van der Waals surface area contributed by atoms with Crippen LogP contribution in [0.25, 0.3) is 22.3 Å². The number of amides is 2. The Kier molecular flexibility index (Phi) is 5.39. The van der Waals surface area contributed by atoms with E-state index in [1.165, 1.54) is 0 Å². The van der Waals surface area contributed by atoms with Gasteiger partial charge in [-0.3, -0.25) is 4.68 Å². The van der Waals surface area contributed by atoms with E-state index in [0.29, 0.717) is 47.7 Å². The lowest BCUT2D eigenvalue weighted by molar-refractivity contribution is 0.152. The molecule has 0 atom stereocenters. The SMILES string of the molecule is CNC(=O)N1CCOc2ccc(-c3cccc(-c4cnn(C)c4)c3C(F)F)cc2C1. The van der Waals surface area contributed by atoms with Crippen LogP contribution >= 0.6 is 0 Å². The summed E-state index contributed by atoms with van der Waals surface area (Å²) in [5.41, 5.74) is 2.93. The molecule has 1 aliphatic heterocycles. The number of aromatic nitrogens is 2. The van der Waals surface area contributed by atoms with Crippen LogP contribution in [0, 0.1) is 0 Å². The highest BCUT2D eigenvalue weighted by Crippen LogP contribution is 2.40. The molecule has 4 rings (SSSR count). The molecule has 156 valence electrons. The highest BCUT2D eigenvalue weighted by Gasteiger charge is 2.23. The molecule has 0 unspecified atom stereocenters. The zero-order valence-corrected chi connectivity index (χ0v) is 16.7. The van der Waals surface area contributed by atoms with E-state index < -0.39 is 6.43 Å². The summed E-state index contributed by atoms with van der Waals surface area (Å²) >= 11 is 0. The van der Waals surface area contributed by atoms with Gasteiger partial charge in [-0.25, -0.2) is 13.6 Å². The van der Waals surface area contributed by atoms with Crippen LogP contribution in [0.2, 0.25) is 0 Å². The third-order valence-electron chi connectivity index (χ3n) is 5.19. The molecule has 6 nitrogen and oxygen atoms in total. The first-order valence-corrected chi connectivity index (χ1v) is 9.60. The number of halogens is 2. The van der Waals surface area contributed by atoms with E-state index in [1.807, 2.05) is 6.07 Å². The predicted molar refractivity (Wildman–Crippen MR) is 109 cm³/mol. The second-order valence-corrected chi connectivity index (χ2v) is 7.12. The highest BCUT2D eigenvalue weighted by atomic mass is 19.3. The topological polar surface area (TPSA) is 59.4 Å². The highest BCUT2D eigenvalue weighted by molar-refractivity contribution is 5.79. The van der Waals surface area contributed by atoms with E-state index >= 15 is 0 Å². The summed E-state index contributed by atoms with van der Waals surface area (Å²) in [7, 11) is 3.32. The Balaban J connectivity index is 1.80. The average molecular weight is 412 g/mol. The van der Waals surface area contributed by atoms with Crippen molar-refractivity contribution in [2.45, 2.75) is 13.0 Å². The molecule has 3 aromatic rings. The van der Waals surface area contributed by atoms with Gasteiger partial charge in [0, 0.05) is 37.0 Å². The molecule has 1 aromatic heterocycles. The number of urea groups is 1. The van der Waals surface area contributed by atoms with Crippen LogP contribution < -0.4 is 10.1 Å². The molecule has 2 amide bonds. The van der Waals surface area contributed by atoms with Gasteiger partial charge in [0.05, 0.1) is 19.3 Å². The summed E-state index contributed by atoms with van der Waals surface area (Å²) in [6, 6.07) is 10.3. The zero-order chi connectivity index (χ0) is 21.3. The molecule has 0 radical (unpaired) electrons. The van der Waals surface area contributed by atoms with Crippen LogP contribution in [0.15, 0.2) is 48.8 Å². The lowest BCUT2D eigenvalue weighted by Gasteiger charge is -2.19. The first-order chi connectivity index (χ1) is 14.5. The number of nitrogens with zero attached hydrogens (tertiary/aromatic N) is 3. The normalized spacial score (nSPS) is 13.6. The van der Waals surface area contributed by atoms with Crippen LogP contribution in [0.4, 0.5) is 13.6 Å². The molecule has 0 saturated carbocycles. The van der Waals surface area contributed by atoms with Crippen LogP contribution in [0.3, 0.4) is 0 Å². The molecule has 0 aliphatic carbocycles. The number of hydrogen-bond acceptors (Lipinski definition) is 3. The second-order valence-electron chi connectivity index (χ2n) is 7.12. The van der Waals surface area contributed by atoms with Crippen molar-refractivity contribution in [3.8, 4) is 28.0 Å². The Hall–Kier alpha value is -3.42. The first-order valence-electron chi connectivity index (χ1n) is 9.60. The predicted octanol–water partition coefficient (Wildman–Crippen LogP) is 4.23. The Morgan fingerprint density at radius 1 is 1.20 bits per heavy atom. The summed E-state index contributed by atoms with van der Waals surface area (Å²) in [6.07, 6.45) is 0.641. The smallest absolute Gasteiger partial charge is 0.317 e. The van der Waals surface area contributed by atoms with Crippen molar-refractivity contribution in [3.05, 3.63) is 59.9 Å². The van der Waals surface area contributed by atoms with Crippen LogP contribution in [0.1, 0.15) is 17.6 Å². The molecule has 2 heterocycles. The number of hydrogen-bond donors (Lipinski definition) is 1. The minimum atomic E-state index is -2.66. The molecular weight excluding hydrogens is 390 g/mol. The molecule has 0 fully saturated rings. The number of carbonyl (C=O) groups excluding carboxylic acids is 1. The summed E-state index contributed by atoms with van der Waals surface area (Å²) in [5.74, 6) is 0.659. The molecule has 2 aromatic carbocycles. The van der Waals surface area contributed by atoms with Crippen molar-refractivity contribution >= 4 is 6.03 Å². The Morgan fingerprint density at radius 3 is 2.63 bits per heavy atom. The molecule has 30 heavy (non-hydrogen) atoms. The first kappa shape index (κ1) is 19.9. The standard InChI is InChI=1S/C22H22F2N4O2/c1-25-22(29)28-8-9-30-19-7-6-14(10-15(19)13-28)17-4-3-5-18(20(17)21(23)24)16-11-26-27(2)12-16/h3-7,10-12,21H,8-9,13H2,1-2H3,(H,25,29). The molecule has 0 bridgehead atoms. The quantitative estimate of drug-likeness (QED) is 0.701. The number of aryl methyl sites for hydroxylation is 1. The lowest BCUT2D eigenvalue weighted by atomic mass is 9.92. The van der Waals surface area contributed by atoms with E-state index in [-0.39, 0.29) is 11.6 Å². The van der Waals surface area contributed by atoms with Gasteiger partial charge in [0.2, 0.25) is 0 Å². The van der Waals surface area contributed by atoms with Crippen molar-refractivity contribution in [1.82, 2.24) is 20.0 Å². The maximum absolute atomic E-state index is 14.2. The zero-order valence-electron chi connectivity index (χ0n) is 16.7. The largest absolute Gasteiger partial charge is 0.491 e. The van der Waals surface area contributed by atoms with Gasteiger partial charge in [-0.15, -0.1) is 0 Å². The summed E-state index contributed by atoms with van der Waals surface area (Å²) in [5, 5.41) is 6.72. The fourth-order valence-corrected chi connectivity index (χ4v) is 3.76. The fraction of sp³-hybridized carbons (Fsp3) is 0.273. The van der Waals surface area contributed by atoms with Crippen LogP contribution in [-0.2, 0) is 13.6 Å². The third kappa shape index (κ3) is 3.72. The van der Waals surface area contributed by atoms with Crippen molar-refractivity contribution < 1.29 is 18.3 Å². The van der Waals surface area contributed by atoms with E-state index in [4.69, 9.17) is 4.74 Å². The van der Waals surface area contributed by atoms with Crippen molar-refractivity contribution in [2.24, 2.45) is 7.05 Å². The van der Waals surface area contributed by atoms with E-state index in [0.717, 1.165) is 5.56 Å². The molecule has 0 spiro atoms.